The molecule has 1 heterocycles. The van der Waals surface area contributed by atoms with Crippen molar-refractivity contribution in [3.05, 3.63) is 5.28 Å². The Morgan fingerprint density at radius 1 is 1.10 bits per heavy atom. The molecule has 1 aromatic heterocycles. The highest BCUT2D eigenvalue weighted by atomic mass is 35.5. The molecule has 114 valence electrons. The number of aromatic nitrogens is 3. The molecule has 0 atom stereocenters. The summed E-state index contributed by atoms with van der Waals surface area (Å²) in [7, 11) is 4.01. The third-order valence-electron chi connectivity index (χ3n) is 3.39. The summed E-state index contributed by atoms with van der Waals surface area (Å²) in [5.41, 5.74) is -0.117. The van der Waals surface area contributed by atoms with E-state index < -0.39 is 0 Å². The molecule has 0 N–H and O–H groups in total. The van der Waals surface area contributed by atoms with Gasteiger partial charge in [0.15, 0.2) is 0 Å². The molecule has 0 spiro atoms. The molecule has 1 aromatic rings. The first-order valence-electron chi connectivity index (χ1n) is 6.77. The Labute approximate surface area is 126 Å². The Morgan fingerprint density at radius 2 is 1.70 bits per heavy atom. The van der Waals surface area contributed by atoms with E-state index in [9.17, 15) is 0 Å². The highest BCUT2D eigenvalue weighted by Crippen LogP contribution is 2.17. The zero-order valence-corrected chi connectivity index (χ0v) is 13.9. The standard InChI is InChI=1S/C13H24ClN5O/c1-7-19(8-2)11-15-10(14)16-12(17-11)20-9-13(3,4)18(5)6/h7-9H2,1-6H3. The minimum atomic E-state index is -0.117. The zero-order chi connectivity index (χ0) is 15.3. The Morgan fingerprint density at radius 3 is 2.20 bits per heavy atom. The molecule has 0 bridgehead atoms. The van der Waals surface area contributed by atoms with E-state index in [1.165, 1.54) is 0 Å². The number of anilines is 1. The summed E-state index contributed by atoms with van der Waals surface area (Å²) >= 11 is 5.94. The summed E-state index contributed by atoms with van der Waals surface area (Å²) in [6.07, 6.45) is 0. The van der Waals surface area contributed by atoms with Crippen LogP contribution in [0, 0.1) is 0 Å². The second-order valence-electron chi connectivity index (χ2n) is 5.35. The number of rotatable bonds is 7. The van der Waals surface area contributed by atoms with Crippen LogP contribution in [-0.4, -0.2) is 59.2 Å². The SMILES string of the molecule is CCN(CC)c1nc(Cl)nc(OCC(C)(C)N(C)C)n1. The van der Waals surface area contributed by atoms with Gasteiger partial charge in [-0.15, -0.1) is 0 Å². The van der Waals surface area contributed by atoms with Crippen molar-refractivity contribution >= 4 is 17.5 Å². The first-order chi connectivity index (χ1) is 9.30. The molecular formula is C13H24ClN5O. The van der Waals surface area contributed by atoms with Gasteiger partial charge in [0.2, 0.25) is 11.2 Å². The predicted molar refractivity (Wildman–Crippen MR) is 81.7 cm³/mol. The van der Waals surface area contributed by atoms with Crippen LogP contribution in [-0.2, 0) is 0 Å². The van der Waals surface area contributed by atoms with Crippen molar-refractivity contribution in [2.75, 3.05) is 38.7 Å². The third-order valence-corrected chi connectivity index (χ3v) is 3.56. The molecule has 0 radical (unpaired) electrons. The van der Waals surface area contributed by atoms with Gasteiger partial charge in [-0.25, -0.2) is 0 Å². The lowest BCUT2D eigenvalue weighted by atomic mass is 10.1. The van der Waals surface area contributed by atoms with Gasteiger partial charge >= 0.3 is 6.01 Å². The lowest BCUT2D eigenvalue weighted by Gasteiger charge is -2.31. The molecule has 0 unspecified atom stereocenters. The molecule has 0 aliphatic heterocycles. The Bertz CT molecular complexity index is 435. The summed E-state index contributed by atoms with van der Waals surface area (Å²) in [5.74, 6) is 0.549. The molecule has 0 aliphatic rings. The van der Waals surface area contributed by atoms with Gasteiger partial charge in [-0.1, -0.05) is 0 Å². The Hall–Kier alpha value is -1.14. The highest BCUT2D eigenvalue weighted by Gasteiger charge is 2.22. The monoisotopic (exact) mass is 301 g/mol. The molecule has 0 saturated carbocycles. The van der Waals surface area contributed by atoms with Crippen LogP contribution in [0.1, 0.15) is 27.7 Å². The first-order valence-corrected chi connectivity index (χ1v) is 7.14. The van der Waals surface area contributed by atoms with Crippen LogP contribution < -0.4 is 9.64 Å². The molecule has 0 aromatic carbocycles. The van der Waals surface area contributed by atoms with Crippen LogP contribution in [0.4, 0.5) is 5.95 Å². The van der Waals surface area contributed by atoms with Crippen LogP contribution in [0.2, 0.25) is 5.28 Å². The van der Waals surface area contributed by atoms with Crippen LogP contribution in [0.25, 0.3) is 0 Å². The average Bonchev–Trinajstić information content (AvgIpc) is 2.37. The fourth-order valence-corrected chi connectivity index (χ4v) is 1.55. The Balaban J connectivity index is 2.86. The van der Waals surface area contributed by atoms with E-state index in [1.54, 1.807) is 0 Å². The van der Waals surface area contributed by atoms with E-state index in [4.69, 9.17) is 16.3 Å². The van der Waals surface area contributed by atoms with Crippen molar-refractivity contribution in [1.82, 2.24) is 19.9 Å². The molecule has 1 rings (SSSR count). The number of hydrogen-bond acceptors (Lipinski definition) is 6. The van der Waals surface area contributed by atoms with Crippen molar-refractivity contribution in [1.29, 1.82) is 0 Å². The first kappa shape index (κ1) is 16.9. The van der Waals surface area contributed by atoms with Crippen molar-refractivity contribution < 1.29 is 4.74 Å². The lowest BCUT2D eigenvalue weighted by molar-refractivity contribution is 0.107. The van der Waals surface area contributed by atoms with Gasteiger partial charge in [0.05, 0.1) is 0 Å². The van der Waals surface area contributed by atoms with Crippen LogP contribution in [0.3, 0.4) is 0 Å². The number of nitrogens with zero attached hydrogens (tertiary/aromatic N) is 5. The van der Waals surface area contributed by atoms with Crippen molar-refractivity contribution in [3.8, 4) is 6.01 Å². The summed E-state index contributed by atoms with van der Waals surface area (Å²) < 4.78 is 5.68. The van der Waals surface area contributed by atoms with E-state index in [0.29, 0.717) is 12.6 Å². The van der Waals surface area contributed by atoms with Crippen LogP contribution in [0.15, 0.2) is 0 Å². The maximum Gasteiger partial charge on any atom is 0.322 e. The molecular weight excluding hydrogens is 278 g/mol. The molecule has 6 nitrogen and oxygen atoms in total. The van der Waals surface area contributed by atoms with Crippen LogP contribution >= 0.6 is 11.6 Å². The van der Waals surface area contributed by atoms with E-state index in [-0.39, 0.29) is 16.8 Å². The van der Waals surface area contributed by atoms with Gasteiger partial charge in [0.25, 0.3) is 0 Å². The van der Waals surface area contributed by atoms with Gasteiger partial charge in [0.1, 0.15) is 6.61 Å². The summed E-state index contributed by atoms with van der Waals surface area (Å²) in [4.78, 5) is 16.6. The van der Waals surface area contributed by atoms with E-state index in [2.05, 4.69) is 33.7 Å². The van der Waals surface area contributed by atoms with Gasteiger partial charge in [-0.2, -0.15) is 15.0 Å². The quantitative estimate of drug-likeness (QED) is 0.769. The topological polar surface area (TPSA) is 54.4 Å². The van der Waals surface area contributed by atoms with Crippen molar-refractivity contribution in [3.63, 3.8) is 0 Å². The molecule has 20 heavy (non-hydrogen) atoms. The largest absolute Gasteiger partial charge is 0.461 e. The summed E-state index contributed by atoms with van der Waals surface area (Å²) in [5, 5.41) is 0.152. The second-order valence-corrected chi connectivity index (χ2v) is 5.69. The number of ether oxygens (including phenoxy) is 1. The Kier molecular flexibility index (Phi) is 5.95. The van der Waals surface area contributed by atoms with Crippen LogP contribution in [0.5, 0.6) is 6.01 Å². The summed E-state index contributed by atoms with van der Waals surface area (Å²) in [6.45, 7) is 10.3. The number of hydrogen-bond donors (Lipinski definition) is 0. The van der Waals surface area contributed by atoms with E-state index in [0.717, 1.165) is 13.1 Å². The highest BCUT2D eigenvalue weighted by molar-refractivity contribution is 6.28. The van der Waals surface area contributed by atoms with Gasteiger partial charge in [0, 0.05) is 18.6 Å². The van der Waals surface area contributed by atoms with Gasteiger partial charge < -0.3 is 14.5 Å². The molecule has 0 aliphatic carbocycles. The minimum Gasteiger partial charge on any atom is -0.461 e. The number of likely N-dealkylation sites (N-methyl/N-ethyl adjacent to an activating group) is 1. The molecule has 7 heteroatoms. The predicted octanol–water partition coefficient (Wildman–Crippen LogP) is 2.09. The van der Waals surface area contributed by atoms with Gasteiger partial charge in [-0.3, -0.25) is 0 Å². The van der Waals surface area contributed by atoms with E-state index in [1.807, 2.05) is 32.8 Å². The second kappa shape index (κ2) is 7.04. The van der Waals surface area contributed by atoms with Gasteiger partial charge in [-0.05, 0) is 53.4 Å². The lowest BCUT2D eigenvalue weighted by Crippen LogP contribution is -2.43. The molecule has 0 amide bonds. The average molecular weight is 302 g/mol. The van der Waals surface area contributed by atoms with E-state index >= 15 is 0 Å². The maximum absolute atomic E-state index is 5.94. The fourth-order valence-electron chi connectivity index (χ4n) is 1.40. The maximum atomic E-state index is 5.94. The fraction of sp³-hybridized carbons (Fsp3) is 0.769. The van der Waals surface area contributed by atoms with Crippen molar-refractivity contribution in [2.24, 2.45) is 0 Å². The molecule has 0 saturated heterocycles. The third kappa shape index (κ3) is 4.45. The summed E-state index contributed by atoms with van der Waals surface area (Å²) in [6, 6.07) is 0.266. The normalized spacial score (nSPS) is 11.8. The van der Waals surface area contributed by atoms with Crippen molar-refractivity contribution in [2.45, 2.75) is 33.2 Å². The number of halogens is 1. The smallest absolute Gasteiger partial charge is 0.322 e. The zero-order valence-electron chi connectivity index (χ0n) is 13.1. The molecule has 0 fully saturated rings. The minimum absolute atomic E-state index is 0.117.